The van der Waals surface area contributed by atoms with Crippen molar-refractivity contribution < 1.29 is 23.8 Å². The van der Waals surface area contributed by atoms with E-state index < -0.39 is 21.7 Å². The van der Waals surface area contributed by atoms with E-state index in [9.17, 15) is 9.59 Å². The fourth-order valence-electron chi connectivity index (χ4n) is 5.15. The largest absolute Gasteiger partial charge is 0.465 e. The van der Waals surface area contributed by atoms with E-state index >= 15 is 0 Å². The lowest BCUT2D eigenvalue weighted by atomic mass is 9.46. The van der Waals surface area contributed by atoms with E-state index in [0.717, 1.165) is 12.8 Å². The highest BCUT2D eigenvalue weighted by Gasteiger charge is 2.73. The predicted octanol–water partition coefficient (Wildman–Crippen LogP) is 5.50. The average Bonchev–Trinajstić information content (AvgIpc) is 3.40. The summed E-state index contributed by atoms with van der Waals surface area (Å²) in [4.78, 5) is 26.6. The van der Waals surface area contributed by atoms with Gasteiger partial charge in [-0.3, -0.25) is 9.59 Å². The van der Waals surface area contributed by atoms with Gasteiger partial charge in [-0.15, -0.1) is 0 Å². The third-order valence-corrected chi connectivity index (χ3v) is 8.52. The highest BCUT2D eigenvalue weighted by atomic mass is 16.7. The van der Waals surface area contributed by atoms with Gasteiger partial charge in [-0.25, -0.2) is 0 Å². The van der Waals surface area contributed by atoms with Crippen molar-refractivity contribution in [2.24, 2.45) is 33.5 Å². The Hall–Kier alpha value is -1.61. The molecule has 178 valence electrons. The first-order valence-electron chi connectivity index (χ1n) is 11.6. The Morgan fingerprint density at radius 1 is 1.13 bits per heavy atom. The van der Waals surface area contributed by atoms with Crippen molar-refractivity contribution in [1.82, 2.24) is 0 Å². The van der Waals surface area contributed by atoms with Crippen LogP contribution in [0, 0.1) is 44.8 Å². The SMILES string of the molecule is CCCOCOC(=O)C1(C(C)(C)C(C)(C)C(C)(C(=O)OCCCC#N)C(C)C)CC1C. The summed E-state index contributed by atoms with van der Waals surface area (Å²) in [5, 5.41) is 8.74. The van der Waals surface area contributed by atoms with E-state index in [1.54, 1.807) is 0 Å². The zero-order valence-corrected chi connectivity index (χ0v) is 21.1. The molecule has 0 N–H and O–H groups in total. The molecule has 0 aromatic rings. The van der Waals surface area contributed by atoms with Crippen molar-refractivity contribution in [1.29, 1.82) is 5.26 Å². The number of carbonyl (C=O) groups is 2. The summed E-state index contributed by atoms with van der Waals surface area (Å²) in [6, 6.07) is 2.07. The Morgan fingerprint density at radius 2 is 1.71 bits per heavy atom. The topological polar surface area (TPSA) is 85.6 Å². The van der Waals surface area contributed by atoms with Gasteiger partial charge >= 0.3 is 11.9 Å². The molecular formula is C25H43NO5. The van der Waals surface area contributed by atoms with Crippen molar-refractivity contribution in [2.75, 3.05) is 20.0 Å². The number of esters is 2. The molecule has 0 radical (unpaired) electrons. The first-order chi connectivity index (χ1) is 14.3. The first-order valence-corrected chi connectivity index (χ1v) is 11.6. The number of nitriles is 1. The molecule has 0 aliphatic heterocycles. The monoisotopic (exact) mass is 437 g/mol. The van der Waals surface area contributed by atoms with Gasteiger partial charge in [0.25, 0.3) is 0 Å². The van der Waals surface area contributed by atoms with Crippen molar-refractivity contribution >= 4 is 11.9 Å². The zero-order valence-electron chi connectivity index (χ0n) is 21.1. The Morgan fingerprint density at radius 3 is 2.16 bits per heavy atom. The number of carbonyl (C=O) groups excluding carboxylic acids is 2. The summed E-state index contributed by atoms with van der Waals surface area (Å²) in [6.45, 7) is 19.1. The van der Waals surface area contributed by atoms with E-state index in [-0.39, 0.29) is 37.2 Å². The first kappa shape index (κ1) is 27.4. The van der Waals surface area contributed by atoms with Crippen LogP contribution in [0.5, 0.6) is 0 Å². The quantitative estimate of drug-likeness (QED) is 0.215. The number of rotatable bonds is 13. The molecule has 0 heterocycles. The van der Waals surface area contributed by atoms with Crippen LogP contribution < -0.4 is 0 Å². The number of nitrogens with zero attached hydrogens (tertiary/aromatic N) is 1. The second kappa shape index (κ2) is 10.3. The van der Waals surface area contributed by atoms with E-state index in [1.807, 2.05) is 27.7 Å². The van der Waals surface area contributed by atoms with Crippen molar-refractivity contribution in [3.63, 3.8) is 0 Å². The highest BCUT2D eigenvalue weighted by Crippen LogP contribution is 2.72. The van der Waals surface area contributed by atoms with E-state index in [1.165, 1.54) is 0 Å². The highest BCUT2D eigenvalue weighted by molar-refractivity contribution is 5.83. The van der Waals surface area contributed by atoms with Gasteiger partial charge in [-0.2, -0.15) is 5.26 Å². The number of unbranched alkanes of at least 4 members (excludes halogenated alkanes) is 1. The summed E-state index contributed by atoms with van der Waals surface area (Å²) in [5.41, 5.74) is -2.65. The molecule has 6 nitrogen and oxygen atoms in total. The molecule has 6 heteroatoms. The summed E-state index contributed by atoms with van der Waals surface area (Å²) in [5.74, 6) is -0.381. The summed E-state index contributed by atoms with van der Waals surface area (Å²) >= 11 is 0. The van der Waals surface area contributed by atoms with Crippen molar-refractivity contribution in [3.8, 4) is 6.07 Å². The number of ether oxygens (including phenoxy) is 3. The normalized spacial score (nSPS) is 23.1. The fraction of sp³-hybridized carbons (Fsp3) is 0.880. The molecule has 0 saturated heterocycles. The Bertz CT molecular complexity index is 678. The number of hydrogen-bond donors (Lipinski definition) is 0. The second-order valence-corrected chi connectivity index (χ2v) is 10.5. The van der Waals surface area contributed by atoms with Gasteiger partial charge in [0.1, 0.15) is 0 Å². The van der Waals surface area contributed by atoms with Crippen LogP contribution in [0.25, 0.3) is 0 Å². The van der Waals surface area contributed by atoms with Gasteiger partial charge in [0.2, 0.25) is 0 Å². The van der Waals surface area contributed by atoms with Gasteiger partial charge < -0.3 is 14.2 Å². The lowest BCUT2D eigenvalue weighted by molar-refractivity contribution is -0.193. The van der Waals surface area contributed by atoms with Crippen LogP contribution in [0.1, 0.15) is 88.0 Å². The van der Waals surface area contributed by atoms with Crippen LogP contribution in [0.3, 0.4) is 0 Å². The maximum absolute atomic E-state index is 13.4. The van der Waals surface area contributed by atoms with Gasteiger partial charge in [-0.05, 0) is 48.9 Å². The lowest BCUT2D eigenvalue weighted by Crippen LogP contribution is -2.58. The molecule has 1 fully saturated rings. The standard InChI is InChI=1S/C25H43NO5/c1-10-14-29-17-31-21(28)25(16-19(25)4)23(7,8)22(5,6)24(9,18(2)3)20(27)30-15-12-11-13-26/h18-19H,10-12,14-17H2,1-9H3. The maximum atomic E-state index is 13.4. The molecule has 0 aromatic heterocycles. The molecule has 0 aromatic carbocycles. The molecule has 1 aliphatic rings. The zero-order chi connectivity index (χ0) is 24.1. The van der Waals surface area contributed by atoms with Gasteiger partial charge in [0.15, 0.2) is 6.79 Å². The summed E-state index contributed by atoms with van der Waals surface area (Å²) in [7, 11) is 0. The second-order valence-electron chi connectivity index (χ2n) is 10.5. The van der Waals surface area contributed by atoms with Crippen LogP contribution in [0.2, 0.25) is 0 Å². The van der Waals surface area contributed by atoms with Crippen molar-refractivity contribution in [2.45, 2.75) is 88.0 Å². The predicted molar refractivity (Wildman–Crippen MR) is 120 cm³/mol. The van der Waals surface area contributed by atoms with Gasteiger partial charge in [0, 0.05) is 6.42 Å². The minimum atomic E-state index is -0.836. The van der Waals surface area contributed by atoms with Gasteiger partial charge in [0.05, 0.1) is 30.1 Å². The minimum Gasteiger partial charge on any atom is -0.465 e. The van der Waals surface area contributed by atoms with E-state index in [0.29, 0.717) is 19.4 Å². The van der Waals surface area contributed by atoms with Crippen LogP contribution in [0.15, 0.2) is 0 Å². The summed E-state index contributed by atoms with van der Waals surface area (Å²) in [6.07, 6.45) is 2.46. The molecule has 3 unspecified atom stereocenters. The van der Waals surface area contributed by atoms with Crippen molar-refractivity contribution in [3.05, 3.63) is 0 Å². The Kier molecular flexibility index (Phi) is 9.15. The third kappa shape index (κ3) is 4.77. The third-order valence-electron chi connectivity index (χ3n) is 8.52. The molecule has 0 bridgehead atoms. The molecule has 1 aliphatic carbocycles. The smallest absolute Gasteiger partial charge is 0.315 e. The van der Waals surface area contributed by atoms with Crippen LogP contribution in [0.4, 0.5) is 0 Å². The van der Waals surface area contributed by atoms with Crippen LogP contribution >= 0.6 is 0 Å². The summed E-state index contributed by atoms with van der Waals surface area (Å²) < 4.78 is 16.6. The molecule has 0 amide bonds. The maximum Gasteiger partial charge on any atom is 0.315 e. The molecule has 1 saturated carbocycles. The van der Waals surface area contributed by atoms with Crippen LogP contribution in [-0.4, -0.2) is 31.9 Å². The fourth-order valence-corrected chi connectivity index (χ4v) is 5.15. The van der Waals surface area contributed by atoms with E-state index in [2.05, 4.69) is 40.7 Å². The lowest BCUT2D eigenvalue weighted by Gasteiger charge is -2.56. The van der Waals surface area contributed by atoms with E-state index in [4.69, 9.17) is 19.5 Å². The van der Waals surface area contributed by atoms with Gasteiger partial charge in [-0.1, -0.05) is 55.4 Å². The molecular weight excluding hydrogens is 394 g/mol. The molecule has 3 atom stereocenters. The Balaban J connectivity index is 3.21. The molecule has 0 spiro atoms. The molecule has 1 rings (SSSR count). The number of hydrogen-bond acceptors (Lipinski definition) is 6. The van der Waals surface area contributed by atoms with Crippen LogP contribution in [-0.2, 0) is 23.8 Å². The average molecular weight is 438 g/mol. The Labute approximate surface area is 189 Å². The molecule has 31 heavy (non-hydrogen) atoms. The minimum absolute atomic E-state index is 0.0137.